The summed E-state index contributed by atoms with van der Waals surface area (Å²) in [6, 6.07) is 12.4. The van der Waals surface area contributed by atoms with Crippen LogP contribution in [0.25, 0.3) is 0 Å². The van der Waals surface area contributed by atoms with Crippen molar-refractivity contribution in [2.45, 2.75) is 6.92 Å². The summed E-state index contributed by atoms with van der Waals surface area (Å²) in [7, 11) is -2.75. The van der Waals surface area contributed by atoms with E-state index in [0.717, 1.165) is 5.69 Å². The van der Waals surface area contributed by atoms with E-state index < -0.39 is 10.9 Å². The lowest BCUT2D eigenvalue weighted by Gasteiger charge is -2.14. The Morgan fingerprint density at radius 1 is 1.18 bits per heavy atom. The maximum absolute atomic E-state index is 10.7. The maximum atomic E-state index is 10.7. The van der Waals surface area contributed by atoms with Gasteiger partial charge < -0.3 is 10.1 Å². The minimum Gasteiger partial charge on any atom is -0.430 e. The molecule has 0 spiro atoms. The molecule has 2 aromatic carbocycles. The van der Waals surface area contributed by atoms with Crippen molar-refractivity contribution in [3.8, 4) is 5.75 Å². The molecule has 22 heavy (non-hydrogen) atoms. The third kappa shape index (κ3) is 4.59. The number of hydrogen-bond donors (Lipinski definition) is 3. The number of nitrogens with one attached hydrogen (secondary N) is 2. The molecule has 0 heterocycles. The highest BCUT2D eigenvalue weighted by Gasteiger charge is 2.11. The quantitative estimate of drug-likeness (QED) is 0.579. The molecule has 0 aliphatic heterocycles. The van der Waals surface area contributed by atoms with Crippen molar-refractivity contribution < 1.29 is 13.2 Å². The Balaban J connectivity index is 2.14. The highest BCUT2D eigenvalue weighted by Crippen LogP contribution is 2.32. The van der Waals surface area contributed by atoms with Crippen molar-refractivity contribution in [3.05, 3.63) is 53.1 Å². The van der Waals surface area contributed by atoms with E-state index in [1.54, 1.807) is 13.0 Å². The zero-order chi connectivity index (χ0) is 16.1. The standard InChI is InChI=1S/C14H13ClN2O3S2/c1-9-7-11(17-22(18)19)8-12(15)13(9)20-14(21)16-10-5-3-2-4-6-10/h2-8,22H,1H3,(H,16,21)(H,17,18,19). The summed E-state index contributed by atoms with van der Waals surface area (Å²) in [5.74, 6) is 0.377. The van der Waals surface area contributed by atoms with Gasteiger partial charge >= 0.3 is 0 Å². The lowest BCUT2D eigenvalue weighted by Crippen LogP contribution is -2.17. The summed E-state index contributed by atoms with van der Waals surface area (Å²) in [5.41, 5.74) is 1.82. The molecule has 0 atom stereocenters. The second-order valence-electron chi connectivity index (χ2n) is 4.35. The number of thiocarbonyl (C=S) groups is 1. The molecule has 2 N–H and O–H groups in total. The molecule has 0 aromatic heterocycles. The second-order valence-corrected chi connectivity index (χ2v) is 5.87. The maximum Gasteiger partial charge on any atom is 0.266 e. The van der Waals surface area contributed by atoms with Gasteiger partial charge in [-0.2, -0.15) is 0 Å². The van der Waals surface area contributed by atoms with E-state index in [-0.39, 0.29) is 10.2 Å². The minimum atomic E-state index is -2.75. The Kier molecular flexibility index (Phi) is 5.59. The van der Waals surface area contributed by atoms with Crippen LogP contribution >= 0.6 is 23.8 Å². The fraction of sp³-hybridized carbons (Fsp3) is 0.0714. The van der Waals surface area contributed by atoms with E-state index in [2.05, 4.69) is 10.0 Å². The number of ether oxygens (including phenoxy) is 1. The number of hydrogen-bond acceptors (Lipinski definition) is 4. The van der Waals surface area contributed by atoms with E-state index in [1.807, 2.05) is 30.3 Å². The molecule has 0 amide bonds. The van der Waals surface area contributed by atoms with Crippen LogP contribution in [-0.4, -0.2) is 13.6 Å². The van der Waals surface area contributed by atoms with E-state index in [4.69, 9.17) is 28.6 Å². The zero-order valence-corrected chi connectivity index (χ0v) is 14.0. The number of thiol groups is 1. The van der Waals surface area contributed by atoms with Crippen LogP contribution in [0.2, 0.25) is 5.02 Å². The lowest BCUT2D eigenvalue weighted by molar-refractivity contribution is 0.559. The van der Waals surface area contributed by atoms with Gasteiger partial charge in [0.25, 0.3) is 5.17 Å². The summed E-state index contributed by atoms with van der Waals surface area (Å²) in [6.07, 6.45) is 0. The minimum absolute atomic E-state index is 0.145. The van der Waals surface area contributed by atoms with E-state index in [0.29, 0.717) is 17.0 Å². The SMILES string of the molecule is Cc1cc(N[SH](=O)=O)cc(Cl)c1OC(=S)Nc1ccccc1. The molecule has 0 saturated carbocycles. The van der Waals surface area contributed by atoms with Gasteiger partial charge in [-0.1, -0.05) is 29.8 Å². The summed E-state index contributed by atoms with van der Waals surface area (Å²) in [5, 5.41) is 3.34. The first-order chi connectivity index (χ1) is 10.5. The molecular weight excluding hydrogens is 344 g/mol. The van der Waals surface area contributed by atoms with Crippen molar-refractivity contribution in [3.63, 3.8) is 0 Å². The number of para-hydroxylation sites is 1. The van der Waals surface area contributed by atoms with Crippen LogP contribution in [0.4, 0.5) is 11.4 Å². The fourth-order valence-corrected chi connectivity index (χ4v) is 2.63. The largest absolute Gasteiger partial charge is 0.430 e. The molecule has 0 bridgehead atoms. The molecule has 0 aliphatic carbocycles. The highest BCUT2D eigenvalue weighted by molar-refractivity contribution is 7.80. The average molecular weight is 357 g/mol. The van der Waals surface area contributed by atoms with Gasteiger partial charge in [-0.15, -0.1) is 0 Å². The van der Waals surface area contributed by atoms with Gasteiger partial charge in [-0.05, 0) is 49.0 Å². The van der Waals surface area contributed by atoms with E-state index >= 15 is 0 Å². The first-order valence-corrected chi connectivity index (χ1v) is 8.17. The predicted octanol–water partition coefficient (Wildman–Crippen LogP) is 3.36. The lowest BCUT2D eigenvalue weighted by atomic mass is 10.2. The number of rotatable bonds is 4. The Morgan fingerprint density at radius 3 is 2.45 bits per heavy atom. The summed E-state index contributed by atoms with van der Waals surface area (Å²) in [4.78, 5) is 0. The molecule has 0 aliphatic rings. The molecule has 0 unspecified atom stereocenters. The predicted molar refractivity (Wildman–Crippen MR) is 93.4 cm³/mol. The number of halogens is 1. The van der Waals surface area contributed by atoms with Crippen LogP contribution in [0.15, 0.2) is 42.5 Å². The molecule has 0 fully saturated rings. The Labute approximate surface area is 140 Å². The molecule has 8 heteroatoms. The van der Waals surface area contributed by atoms with Crippen LogP contribution in [-0.2, 0) is 10.9 Å². The van der Waals surface area contributed by atoms with Crippen molar-refractivity contribution in [1.29, 1.82) is 0 Å². The van der Waals surface area contributed by atoms with Gasteiger partial charge in [0.1, 0.15) is 0 Å². The Bertz CT molecular complexity index is 733. The second kappa shape index (κ2) is 7.44. The monoisotopic (exact) mass is 356 g/mol. The van der Waals surface area contributed by atoms with Gasteiger partial charge in [-0.25, -0.2) is 8.42 Å². The molecule has 2 rings (SSSR count). The van der Waals surface area contributed by atoms with Crippen molar-refractivity contribution >= 4 is 51.3 Å². The molecule has 5 nitrogen and oxygen atoms in total. The number of anilines is 2. The van der Waals surface area contributed by atoms with Crippen LogP contribution in [0.1, 0.15) is 5.56 Å². The van der Waals surface area contributed by atoms with Crippen molar-refractivity contribution in [2.75, 3.05) is 10.0 Å². The average Bonchev–Trinajstić information content (AvgIpc) is 2.43. The molecule has 116 valence electrons. The Hall–Kier alpha value is -1.83. The summed E-state index contributed by atoms with van der Waals surface area (Å²) >= 11 is 11.3. The van der Waals surface area contributed by atoms with Gasteiger partial charge in [0.15, 0.2) is 5.75 Å². The van der Waals surface area contributed by atoms with Gasteiger partial charge in [0.2, 0.25) is 10.9 Å². The fourth-order valence-electron chi connectivity index (χ4n) is 1.79. The number of benzene rings is 2. The Morgan fingerprint density at radius 2 is 1.86 bits per heavy atom. The first-order valence-electron chi connectivity index (χ1n) is 6.21. The smallest absolute Gasteiger partial charge is 0.266 e. The topological polar surface area (TPSA) is 67.4 Å². The van der Waals surface area contributed by atoms with Crippen molar-refractivity contribution in [2.24, 2.45) is 0 Å². The van der Waals surface area contributed by atoms with Gasteiger partial charge in [0, 0.05) is 5.69 Å². The van der Waals surface area contributed by atoms with E-state index in [9.17, 15) is 8.42 Å². The van der Waals surface area contributed by atoms with E-state index in [1.165, 1.54) is 6.07 Å². The summed E-state index contributed by atoms with van der Waals surface area (Å²) < 4.78 is 29.2. The summed E-state index contributed by atoms with van der Waals surface area (Å²) in [6.45, 7) is 1.75. The highest BCUT2D eigenvalue weighted by atomic mass is 35.5. The van der Waals surface area contributed by atoms with Crippen LogP contribution in [0.5, 0.6) is 5.75 Å². The van der Waals surface area contributed by atoms with Gasteiger partial charge in [-0.3, -0.25) is 4.72 Å². The zero-order valence-electron chi connectivity index (χ0n) is 11.5. The molecule has 0 saturated heterocycles. The molecular formula is C14H13ClN2O3S2. The molecule has 2 aromatic rings. The third-order valence-electron chi connectivity index (χ3n) is 2.66. The third-order valence-corrected chi connectivity index (χ3v) is 3.57. The first kappa shape index (κ1) is 16.5. The van der Waals surface area contributed by atoms with Crippen LogP contribution in [0.3, 0.4) is 0 Å². The normalized spacial score (nSPS) is 10.3. The van der Waals surface area contributed by atoms with Crippen molar-refractivity contribution in [1.82, 2.24) is 0 Å². The molecule has 0 radical (unpaired) electrons. The van der Waals surface area contributed by atoms with Crippen LogP contribution < -0.4 is 14.8 Å². The van der Waals surface area contributed by atoms with Gasteiger partial charge in [0.05, 0.1) is 10.7 Å². The number of aryl methyl sites for hydroxylation is 1. The van der Waals surface area contributed by atoms with Crippen LogP contribution in [0, 0.1) is 6.92 Å².